The summed E-state index contributed by atoms with van der Waals surface area (Å²) in [7, 11) is -4.84. The average Bonchev–Trinajstić information content (AvgIpc) is 3.04. The molecule has 1 aliphatic heterocycles. The first-order chi connectivity index (χ1) is 20.7. The van der Waals surface area contributed by atoms with Crippen molar-refractivity contribution in [1.29, 1.82) is 0 Å². The monoisotopic (exact) mass is 645 g/mol. The first kappa shape index (κ1) is 33.2. The van der Waals surface area contributed by atoms with Crippen LogP contribution in [0.25, 0.3) is 0 Å². The number of likely N-dealkylation sites (N-methyl/N-ethyl adjacent to an activating group) is 1. The number of carbonyl (C=O) groups is 1. The molecule has 0 bridgehead atoms. The van der Waals surface area contributed by atoms with E-state index in [2.05, 4.69) is 4.72 Å². The van der Waals surface area contributed by atoms with E-state index in [-0.39, 0.29) is 53.4 Å². The number of hydrogen-bond acceptors (Lipinski definition) is 8. The third-order valence-electron chi connectivity index (χ3n) is 7.70. The van der Waals surface area contributed by atoms with E-state index in [0.29, 0.717) is 17.1 Å². The van der Waals surface area contributed by atoms with Crippen LogP contribution in [-0.4, -0.2) is 83.1 Å². The van der Waals surface area contributed by atoms with Crippen LogP contribution in [-0.2, 0) is 31.3 Å². The smallest absolute Gasteiger partial charge is 0.261 e. The molecule has 1 amide bonds. The van der Waals surface area contributed by atoms with Crippen LogP contribution in [0.4, 0.5) is 5.69 Å². The Morgan fingerprint density at radius 2 is 1.68 bits per heavy atom. The number of rotatable bonds is 10. The summed E-state index contributed by atoms with van der Waals surface area (Å²) in [5.74, 6) is 0.246. The van der Waals surface area contributed by atoms with Gasteiger partial charge in [0.05, 0.1) is 42.5 Å². The van der Waals surface area contributed by atoms with Crippen LogP contribution in [0.5, 0.6) is 11.5 Å². The Bertz CT molecular complexity index is 1680. The molecule has 0 fully saturated rings. The molecule has 0 spiro atoms. The van der Waals surface area contributed by atoms with Crippen LogP contribution in [0.2, 0.25) is 0 Å². The van der Waals surface area contributed by atoms with Crippen molar-refractivity contribution >= 4 is 31.6 Å². The fourth-order valence-corrected chi connectivity index (χ4v) is 7.15. The van der Waals surface area contributed by atoms with Crippen LogP contribution < -0.4 is 14.2 Å². The Labute approximate surface area is 259 Å². The molecular formula is C31H39N3O8S2. The SMILES string of the molecule is COc1ccc(S(=O)(=O)N(C)C[C@H]2Oc3ccc(NS(=O)(=O)c4ccc(C)cc4)cc3CC(=O)N([C@H](C)CO)C[C@@H]2C)cc1. The number of anilines is 1. The number of carbonyl (C=O) groups excluding carboxylic acids is 1. The van der Waals surface area contributed by atoms with Crippen molar-refractivity contribution in [1.82, 2.24) is 9.21 Å². The fraction of sp³-hybridized carbons (Fsp3) is 0.387. The fourth-order valence-electron chi connectivity index (χ4n) is 4.92. The molecule has 0 saturated heterocycles. The lowest BCUT2D eigenvalue weighted by atomic mass is 10.0. The zero-order valence-electron chi connectivity index (χ0n) is 25.4. The minimum absolute atomic E-state index is 0.0354. The van der Waals surface area contributed by atoms with Gasteiger partial charge in [-0.1, -0.05) is 24.6 Å². The van der Waals surface area contributed by atoms with E-state index in [4.69, 9.17) is 9.47 Å². The van der Waals surface area contributed by atoms with Crippen LogP contribution >= 0.6 is 0 Å². The number of aryl methyl sites for hydroxylation is 1. The molecule has 0 radical (unpaired) electrons. The summed E-state index contributed by atoms with van der Waals surface area (Å²) < 4.78 is 68.3. The highest BCUT2D eigenvalue weighted by Gasteiger charge is 2.33. The van der Waals surface area contributed by atoms with Crippen molar-refractivity contribution in [3.8, 4) is 11.5 Å². The summed E-state index contributed by atoms with van der Waals surface area (Å²) in [5.41, 5.74) is 1.59. The van der Waals surface area contributed by atoms with Crippen LogP contribution in [0, 0.1) is 12.8 Å². The van der Waals surface area contributed by atoms with Gasteiger partial charge < -0.3 is 19.5 Å². The summed E-state index contributed by atoms with van der Waals surface area (Å²) in [6, 6.07) is 16.7. The first-order valence-electron chi connectivity index (χ1n) is 14.1. The van der Waals surface area contributed by atoms with E-state index in [1.54, 1.807) is 54.3 Å². The van der Waals surface area contributed by atoms with Gasteiger partial charge in [0.1, 0.15) is 17.6 Å². The molecule has 3 aromatic carbocycles. The Balaban J connectivity index is 1.67. The van der Waals surface area contributed by atoms with Gasteiger partial charge >= 0.3 is 0 Å². The molecule has 0 aliphatic carbocycles. The lowest BCUT2D eigenvalue weighted by Gasteiger charge is -2.33. The molecule has 0 aromatic heterocycles. The van der Waals surface area contributed by atoms with E-state index < -0.39 is 32.2 Å². The Morgan fingerprint density at radius 1 is 1.05 bits per heavy atom. The maximum atomic E-state index is 13.5. The van der Waals surface area contributed by atoms with Gasteiger partial charge in [0, 0.05) is 30.8 Å². The highest BCUT2D eigenvalue weighted by molar-refractivity contribution is 7.92. The molecule has 238 valence electrons. The summed E-state index contributed by atoms with van der Waals surface area (Å²) in [6.45, 7) is 5.36. The van der Waals surface area contributed by atoms with Gasteiger partial charge in [-0.2, -0.15) is 4.31 Å². The summed E-state index contributed by atoms with van der Waals surface area (Å²) >= 11 is 0. The number of methoxy groups -OCH3 is 1. The number of benzene rings is 3. The zero-order valence-corrected chi connectivity index (χ0v) is 27.1. The van der Waals surface area contributed by atoms with E-state index >= 15 is 0 Å². The van der Waals surface area contributed by atoms with Crippen molar-refractivity contribution in [2.75, 3.05) is 38.6 Å². The molecule has 2 N–H and O–H groups in total. The second-order valence-corrected chi connectivity index (χ2v) is 14.8. The van der Waals surface area contributed by atoms with Crippen LogP contribution in [0.1, 0.15) is 25.0 Å². The minimum Gasteiger partial charge on any atom is -0.497 e. The number of fused-ring (bicyclic) bond motifs is 1. The molecular weight excluding hydrogens is 606 g/mol. The van der Waals surface area contributed by atoms with Crippen molar-refractivity contribution in [3.63, 3.8) is 0 Å². The van der Waals surface area contributed by atoms with Gasteiger partial charge in [-0.15, -0.1) is 0 Å². The highest BCUT2D eigenvalue weighted by atomic mass is 32.2. The molecule has 1 heterocycles. The number of hydrogen-bond donors (Lipinski definition) is 2. The molecule has 1 aliphatic rings. The molecule has 3 aromatic rings. The maximum absolute atomic E-state index is 13.5. The van der Waals surface area contributed by atoms with Gasteiger partial charge in [0.2, 0.25) is 15.9 Å². The van der Waals surface area contributed by atoms with Gasteiger partial charge in [0.15, 0.2) is 0 Å². The quantitative estimate of drug-likeness (QED) is 0.342. The maximum Gasteiger partial charge on any atom is 0.261 e. The van der Waals surface area contributed by atoms with Gasteiger partial charge in [-0.05, 0) is 68.4 Å². The lowest BCUT2D eigenvalue weighted by Crippen LogP contribution is -2.48. The third-order valence-corrected chi connectivity index (χ3v) is 10.9. The Morgan fingerprint density at radius 3 is 2.30 bits per heavy atom. The van der Waals surface area contributed by atoms with Crippen molar-refractivity contribution < 1.29 is 36.2 Å². The van der Waals surface area contributed by atoms with E-state index in [1.807, 2.05) is 13.8 Å². The molecule has 3 atom stereocenters. The van der Waals surface area contributed by atoms with Crippen LogP contribution in [0.15, 0.2) is 76.5 Å². The average molecular weight is 646 g/mol. The van der Waals surface area contributed by atoms with E-state index in [0.717, 1.165) is 5.56 Å². The second-order valence-electron chi connectivity index (χ2n) is 11.1. The molecule has 0 saturated carbocycles. The van der Waals surface area contributed by atoms with Crippen molar-refractivity contribution in [2.45, 2.75) is 49.1 Å². The van der Waals surface area contributed by atoms with E-state index in [9.17, 15) is 26.7 Å². The first-order valence-corrected chi connectivity index (χ1v) is 17.1. The summed E-state index contributed by atoms with van der Waals surface area (Å²) in [6.07, 6.45) is -0.805. The number of aliphatic hydroxyl groups excluding tert-OH is 1. The van der Waals surface area contributed by atoms with Gasteiger partial charge in [-0.25, -0.2) is 16.8 Å². The second kappa shape index (κ2) is 13.6. The zero-order chi connectivity index (χ0) is 32.2. The normalized spacial score (nSPS) is 18.4. The largest absolute Gasteiger partial charge is 0.497 e. The summed E-state index contributed by atoms with van der Waals surface area (Å²) in [4.78, 5) is 15.2. The number of aliphatic hydroxyl groups is 1. The van der Waals surface area contributed by atoms with Gasteiger partial charge in [0.25, 0.3) is 10.0 Å². The van der Waals surface area contributed by atoms with Crippen molar-refractivity contribution in [3.05, 3.63) is 77.9 Å². The number of nitrogens with zero attached hydrogens (tertiary/aromatic N) is 2. The lowest BCUT2D eigenvalue weighted by molar-refractivity contribution is -0.134. The topological polar surface area (TPSA) is 143 Å². The minimum atomic E-state index is -3.90. The molecule has 0 unspecified atom stereocenters. The molecule has 11 nitrogen and oxygen atoms in total. The number of sulfonamides is 2. The number of nitrogens with one attached hydrogen (secondary N) is 1. The Hall–Kier alpha value is -3.65. The molecule has 13 heteroatoms. The predicted molar refractivity (Wildman–Crippen MR) is 167 cm³/mol. The standard InChI is InChI=1S/C31H39N3O8S2/c1-21-6-11-27(12-7-21)43(37,38)32-25-8-15-29-24(16-25)17-31(36)34(23(3)20-35)18-22(2)30(42-29)19-33(4)44(39,40)28-13-9-26(41-5)10-14-28/h6-16,22-23,30,32,35H,17-20H2,1-5H3/t22-,23+,30+/m0/s1. The molecule has 44 heavy (non-hydrogen) atoms. The van der Waals surface area contributed by atoms with Crippen LogP contribution in [0.3, 0.4) is 0 Å². The molecule has 4 rings (SSSR count). The van der Waals surface area contributed by atoms with E-state index in [1.165, 1.54) is 42.7 Å². The number of amides is 1. The third kappa shape index (κ3) is 7.52. The van der Waals surface area contributed by atoms with Gasteiger partial charge in [-0.3, -0.25) is 9.52 Å². The summed E-state index contributed by atoms with van der Waals surface area (Å²) in [5, 5.41) is 9.90. The predicted octanol–water partition coefficient (Wildman–Crippen LogP) is 3.27. The Kier molecular flexibility index (Phi) is 10.2. The number of ether oxygens (including phenoxy) is 2. The van der Waals surface area contributed by atoms with Crippen molar-refractivity contribution in [2.24, 2.45) is 5.92 Å². The highest BCUT2D eigenvalue weighted by Crippen LogP contribution is 2.31.